The third kappa shape index (κ3) is 3.39. The fourth-order valence-electron chi connectivity index (χ4n) is 2.92. The van der Waals surface area contributed by atoms with Crippen LogP contribution in [0.15, 0.2) is 40.1 Å². The average Bonchev–Trinajstić information content (AvgIpc) is 2.57. The van der Waals surface area contributed by atoms with Gasteiger partial charge in [0, 0.05) is 17.5 Å². The summed E-state index contributed by atoms with van der Waals surface area (Å²) in [5.74, 6) is -0.136. The van der Waals surface area contributed by atoms with Crippen molar-refractivity contribution in [1.82, 2.24) is 0 Å². The second kappa shape index (κ2) is 6.98. The molecule has 1 aromatic heterocycles. The zero-order valence-corrected chi connectivity index (χ0v) is 13.6. The molecule has 0 aliphatic carbocycles. The van der Waals surface area contributed by atoms with E-state index >= 15 is 0 Å². The zero-order chi connectivity index (χ0) is 17.1. The first-order valence-corrected chi connectivity index (χ1v) is 7.90. The van der Waals surface area contributed by atoms with E-state index in [-0.39, 0.29) is 0 Å². The smallest absolute Gasteiger partial charge is 0.336 e. The highest BCUT2D eigenvalue weighted by Crippen LogP contribution is 2.28. The van der Waals surface area contributed by atoms with E-state index < -0.39 is 11.6 Å². The second-order valence-electron chi connectivity index (χ2n) is 5.83. The van der Waals surface area contributed by atoms with Crippen molar-refractivity contribution in [3.63, 3.8) is 0 Å². The SMILES string of the molecule is C=CC(=O)Oc1ccc2c(C)cc(=O)oc2c1C[NH+]1CCOCC1. The van der Waals surface area contributed by atoms with Crippen molar-refractivity contribution in [2.24, 2.45) is 0 Å². The van der Waals surface area contributed by atoms with Gasteiger partial charge in [-0.2, -0.15) is 0 Å². The number of carbonyl (C=O) groups excluding carboxylic acids is 1. The molecule has 1 aliphatic heterocycles. The first-order valence-electron chi connectivity index (χ1n) is 7.90. The van der Waals surface area contributed by atoms with Crippen molar-refractivity contribution in [2.45, 2.75) is 13.5 Å². The summed E-state index contributed by atoms with van der Waals surface area (Å²) in [4.78, 5) is 24.7. The van der Waals surface area contributed by atoms with Crippen LogP contribution >= 0.6 is 0 Å². The van der Waals surface area contributed by atoms with E-state index in [1.807, 2.05) is 6.92 Å². The Morgan fingerprint density at radius 1 is 1.38 bits per heavy atom. The number of benzene rings is 1. The van der Waals surface area contributed by atoms with E-state index in [2.05, 4.69) is 6.58 Å². The number of quaternary nitrogens is 1. The molecule has 2 heterocycles. The third-order valence-electron chi connectivity index (χ3n) is 4.18. The van der Waals surface area contributed by atoms with Gasteiger partial charge in [-0.25, -0.2) is 9.59 Å². The molecule has 0 saturated carbocycles. The molecule has 1 N–H and O–H groups in total. The van der Waals surface area contributed by atoms with Crippen LogP contribution < -0.4 is 15.3 Å². The van der Waals surface area contributed by atoms with E-state index in [0.29, 0.717) is 31.1 Å². The molecule has 0 spiro atoms. The molecule has 1 aliphatic rings. The lowest BCUT2D eigenvalue weighted by atomic mass is 10.1. The zero-order valence-electron chi connectivity index (χ0n) is 13.6. The minimum absolute atomic E-state index is 0.403. The van der Waals surface area contributed by atoms with Gasteiger partial charge >= 0.3 is 11.6 Å². The maximum Gasteiger partial charge on any atom is 0.336 e. The number of morpholine rings is 1. The van der Waals surface area contributed by atoms with Gasteiger partial charge in [0.2, 0.25) is 0 Å². The van der Waals surface area contributed by atoms with Crippen LogP contribution in [-0.4, -0.2) is 32.3 Å². The van der Waals surface area contributed by atoms with Crippen LogP contribution in [0.25, 0.3) is 11.0 Å². The van der Waals surface area contributed by atoms with E-state index in [1.54, 1.807) is 12.1 Å². The van der Waals surface area contributed by atoms with Crippen LogP contribution in [0, 0.1) is 6.92 Å². The molecule has 24 heavy (non-hydrogen) atoms. The average molecular weight is 330 g/mol. The third-order valence-corrected chi connectivity index (χ3v) is 4.18. The molecular weight excluding hydrogens is 310 g/mol. The van der Waals surface area contributed by atoms with E-state index in [0.717, 1.165) is 35.7 Å². The molecule has 1 saturated heterocycles. The molecule has 0 amide bonds. The van der Waals surface area contributed by atoms with Gasteiger partial charge in [-0.3, -0.25) is 0 Å². The number of carbonyl (C=O) groups is 1. The normalized spacial score (nSPS) is 15.4. The maximum atomic E-state index is 11.8. The largest absolute Gasteiger partial charge is 0.423 e. The highest BCUT2D eigenvalue weighted by Gasteiger charge is 2.22. The Bertz CT molecular complexity index is 833. The Balaban J connectivity index is 2.11. The Morgan fingerprint density at radius 2 is 2.12 bits per heavy atom. The molecule has 0 atom stereocenters. The minimum Gasteiger partial charge on any atom is -0.423 e. The monoisotopic (exact) mass is 330 g/mol. The standard InChI is InChI=1S/C18H19NO5/c1-3-16(20)23-15-5-4-13-12(2)10-17(21)24-18(13)14(15)11-19-6-8-22-9-7-19/h3-5,10H,1,6-9,11H2,2H3/p+1. The Morgan fingerprint density at radius 3 is 2.83 bits per heavy atom. The predicted molar refractivity (Wildman–Crippen MR) is 88.3 cm³/mol. The molecule has 0 unspecified atom stereocenters. The summed E-state index contributed by atoms with van der Waals surface area (Å²) in [6, 6.07) is 5.01. The number of rotatable bonds is 4. The van der Waals surface area contributed by atoms with Crippen molar-refractivity contribution in [2.75, 3.05) is 26.3 Å². The van der Waals surface area contributed by atoms with Crippen LogP contribution in [0.4, 0.5) is 0 Å². The molecular formula is C18H20NO5+. The first-order chi connectivity index (χ1) is 11.6. The summed E-state index contributed by atoms with van der Waals surface area (Å²) in [5.41, 5.74) is 1.63. The molecule has 0 radical (unpaired) electrons. The lowest BCUT2D eigenvalue weighted by Crippen LogP contribution is -3.12. The fourth-order valence-corrected chi connectivity index (χ4v) is 2.92. The number of nitrogens with one attached hydrogen (secondary N) is 1. The Kier molecular flexibility index (Phi) is 4.78. The number of aryl methyl sites for hydroxylation is 1. The quantitative estimate of drug-likeness (QED) is 0.385. The lowest BCUT2D eigenvalue weighted by molar-refractivity contribution is -0.921. The van der Waals surface area contributed by atoms with Crippen molar-refractivity contribution in [3.05, 3.63) is 52.4 Å². The van der Waals surface area contributed by atoms with E-state index in [4.69, 9.17) is 13.9 Å². The van der Waals surface area contributed by atoms with Crippen molar-refractivity contribution >= 4 is 16.9 Å². The summed E-state index contributed by atoms with van der Waals surface area (Å²) < 4.78 is 16.2. The minimum atomic E-state index is -0.539. The number of hydrogen-bond donors (Lipinski definition) is 1. The van der Waals surface area contributed by atoms with Gasteiger partial charge in [-0.15, -0.1) is 0 Å². The lowest BCUT2D eigenvalue weighted by Gasteiger charge is -2.24. The van der Waals surface area contributed by atoms with Gasteiger partial charge in [0.1, 0.15) is 25.4 Å². The van der Waals surface area contributed by atoms with Gasteiger partial charge in [0.05, 0.1) is 18.8 Å². The van der Waals surface area contributed by atoms with Crippen LogP contribution in [0.5, 0.6) is 5.75 Å². The van der Waals surface area contributed by atoms with Crippen molar-refractivity contribution in [3.8, 4) is 5.75 Å². The number of ether oxygens (including phenoxy) is 2. The second-order valence-corrected chi connectivity index (χ2v) is 5.83. The Hall–Kier alpha value is -2.44. The molecule has 1 fully saturated rings. The fraction of sp³-hybridized carbons (Fsp3) is 0.333. The van der Waals surface area contributed by atoms with Gasteiger partial charge < -0.3 is 18.8 Å². The molecule has 6 nitrogen and oxygen atoms in total. The number of esters is 1. The van der Waals surface area contributed by atoms with Gasteiger partial charge in [-0.1, -0.05) is 6.58 Å². The van der Waals surface area contributed by atoms with Crippen molar-refractivity contribution < 1.29 is 23.6 Å². The van der Waals surface area contributed by atoms with Gasteiger partial charge in [0.25, 0.3) is 0 Å². The van der Waals surface area contributed by atoms with E-state index in [1.165, 1.54) is 11.0 Å². The van der Waals surface area contributed by atoms with Crippen LogP contribution in [0.1, 0.15) is 11.1 Å². The first kappa shape index (κ1) is 16.4. The molecule has 6 heteroatoms. The predicted octanol–water partition coefficient (Wildman–Crippen LogP) is 0.608. The van der Waals surface area contributed by atoms with Gasteiger partial charge in [0.15, 0.2) is 5.58 Å². The van der Waals surface area contributed by atoms with Crippen LogP contribution in [0.2, 0.25) is 0 Å². The molecule has 3 rings (SSSR count). The summed E-state index contributed by atoms with van der Waals surface area (Å²) >= 11 is 0. The van der Waals surface area contributed by atoms with Gasteiger partial charge in [-0.05, 0) is 24.6 Å². The number of fused-ring (bicyclic) bond motifs is 1. The van der Waals surface area contributed by atoms with Crippen LogP contribution in [-0.2, 0) is 16.1 Å². The number of hydrogen-bond acceptors (Lipinski definition) is 5. The summed E-state index contributed by atoms with van der Waals surface area (Å²) in [6.45, 7) is 8.94. The topological polar surface area (TPSA) is 70.2 Å². The summed E-state index contributed by atoms with van der Waals surface area (Å²) in [6.07, 6.45) is 1.11. The summed E-state index contributed by atoms with van der Waals surface area (Å²) in [7, 11) is 0. The maximum absolute atomic E-state index is 11.8. The van der Waals surface area contributed by atoms with Crippen molar-refractivity contribution in [1.29, 1.82) is 0 Å². The van der Waals surface area contributed by atoms with E-state index in [9.17, 15) is 9.59 Å². The molecule has 2 aromatic rings. The molecule has 0 bridgehead atoms. The highest BCUT2D eigenvalue weighted by molar-refractivity contribution is 5.88. The highest BCUT2D eigenvalue weighted by atomic mass is 16.5. The molecule has 126 valence electrons. The molecule has 1 aromatic carbocycles. The Labute approximate surface area is 139 Å². The van der Waals surface area contributed by atoms with Crippen LogP contribution in [0.3, 0.4) is 0 Å². The summed E-state index contributed by atoms with van der Waals surface area (Å²) in [5, 5.41) is 0.843.